The highest BCUT2D eigenvalue weighted by atomic mass is 19.1. The predicted octanol–water partition coefficient (Wildman–Crippen LogP) is 4.50. The van der Waals surface area contributed by atoms with Gasteiger partial charge in [-0.1, -0.05) is 36.4 Å². The van der Waals surface area contributed by atoms with Gasteiger partial charge in [0.25, 0.3) is 0 Å². The van der Waals surface area contributed by atoms with Gasteiger partial charge >= 0.3 is 0 Å². The van der Waals surface area contributed by atoms with Crippen LogP contribution in [0.2, 0.25) is 0 Å². The number of hydrogen-bond donors (Lipinski definition) is 1. The number of carbonyl (C=O) groups is 1. The summed E-state index contributed by atoms with van der Waals surface area (Å²) in [7, 11) is 3.88. The molecule has 1 fully saturated rings. The van der Waals surface area contributed by atoms with E-state index in [0.29, 0.717) is 59.7 Å². The van der Waals surface area contributed by atoms with Gasteiger partial charge in [0.2, 0.25) is 11.9 Å². The average Bonchev–Trinajstić information content (AvgIpc) is 3.48. The largest absolute Gasteiger partial charge is 0.457 e. The van der Waals surface area contributed by atoms with Crippen molar-refractivity contribution < 1.29 is 13.9 Å². The molecular weight excluding hydrogens is 471 g/mol. The standard InChI is InChI=1S/C28H29FN6O2/c1-33(2)15-6-9-23(36)34-16-14-20(17-34)35-26(29)24(25-27(30)31-18-32-28(25)35)19-10-12-22(13-11-19)37-21-7-4-3-5-8-21/h3-13,18,20H,14-17H2,1-2H3,(H2,30,31,32)/b9-6+. The number of halogens is 1. The number of benzene rings is 2. The molecule has 0 saturated carbocycles. The van der Waals surface area contributed by atoms with Gasteiger partial charge in [-0.05, 0) is 50.3 Å². The summed E-state index contributed by atoms with van der Waals surface area (Å²) in [6, 6.07) is 16.4. The average molecular weight is 501 g/mol. The lowest BCUT2D eigenvalue weighted by atomic mass is 10.1. The van der Waals surface area contributed by atoms with Crippen LogP contribution < -0.4 is 10.5 Å². The molecule has 1 unspecified atom stereocenters. The van der Waals surface area contributed by atoms with Crippen molar-refractivity contribution in [3.05, 3.63) is 79.0 Å². The number of anilines is 1. The number of amides is 1. The van der Waals surface area contributed by atoms with Crippen LogP contribution in [0.3, 0.4) is 0 Å². The number of hydrogen-bond acceptors (Lipinski definition) is 6. The van der Waals surface area contributed by atoms with Crippen LogP contribution in [0, 0.1) is 5.95 Å². The van der Waals surface area contributed by atoms with E-state index in [1.54, 1.807) is 39.8 Å². The molecule has 8 nitrogen and oxygen atoms in total. The third-order valence-electron chi connectivity index (χ3n) is 6.45. The fraction of sp³-hybridized carbons (Fsp3) is 0.250. The van der Waals surface area contributed by atoms with Crippen LogP contribution in [0.1, 0.15) is 12.5 Å². The fourth-order valence-corrected chi connectivity index (χ4v) is 4.66. The zero-order chi connectivity index (χ0) is 25.9. The predicted molar refractivity (Wildman–Crippen MR) is 142 cm³/mol. The molecule has 190 valence electrons. The topological polar surface area (TPSA) is 89.5 Å². The Bertz CT molecular complexity index is 1430. The van der Waals surface area contributed by atoms with Gasteiger partial charge in [-0.3, -0.25) is 9.36 Å². The van der Waals surface area contributed by atoms with E-state index in [1.807, 2.05) is 55.4 Å². The normalized spacial score (nSPS) is 15.8. The van der Waals surface area contributed by atoms with E-state index in [0.717, 1.165) is 0 Å². The number of nitrogens with zero attached hydrogens (tertiary/aromatic N) is 5. The van der Waals surface area contributed by atoms with Crippen molar-refractivity contribution in [3.63, 3.8) is 0 Å². The van der Waals surface area contributed by atoms with Crippen molar-refractivity contribution in [2.24, 2.45) is 0 Å². The van der Waals surface area contributed by atoms with Crippen molar-refractivity contribution in [3.8, 4) is 22.6 Å². The van der Waals surface area contributed by atoms with E-state index in [1.165, 1.54) is 6.33 Å². The molecule has 0 aliphatic carbocycles. The molecule has 0 radical (unpaired) electrons. The van der Waals surface area contributed by atoms with Gasteiger partial charge in [0, 0.05) is 31.3 Å². The van der Waals surface area contributed by atoms with Gasteiger partial charge in [0.05, 0.1) is 11.4 Å². The van der Waals surface area contributed by atoms with Crippen LogP contribution in [0.25, 0.3) is 22.2 Å². The highest BCUT2D eigenvalue weighted by Gasteiger charge is 2.32. The minimum atomic E-state index is -0.443. The lowest BCUT2D eigenvalue weighted by Gasteiger charge is -2.16. The summed E-state index contributed by atoms with van der Waals surface area (Å²) in [6.45, 7) is 1.60. The fourth-order valence-electron chi connectivity index (χ4n) is 4.66. The smallest absolute Gasteiger partial charge is 0.246 e. The molecule has 0 spiro atoms. The Labute approximate surface area is 214 Å². The van der Waals surface area contributed by atoms with Crippen LogP contribution in [-0.4, -0.2) is 64.0 Å². The molecule has 1 aliphatic heterocycles. The molecule has 3 heterocycles. The van der Waals surface area contributed by atoms with E-state index in [2.05, 4.69) is 9.97 Å². The molecule has 1 aliphatic rings. The lowest BCUT2D eigenvalue weighted by Crippen LogP contribution is -2.28. The van der Waals surface area contributed by atoms with E-state index >= 15 is 4.39 Å². The number of likely N-dealkylation sites (tertiary alicyclic amines) is 1. The maximum atomic E-state index is 16.2. The summed E-state index contributed by atoms with van der Waals surface area (Å²) in [5.41, 5.74) is 7.63. The Morgan fingerprint density at radius 2 is 1.86 bits per heavy atom. The number of carbonyl (C=O) groups excluding carboxylic acids is 1. The van der Waals surface area contributed by atoms with Gasteiger partial charge in [0.1, 0.15) is 29.3 Å². The Morgan fingerprint density at radius 1 is 1.14 bits per heavy atom. The number of para-hydroxylation sites is 1. The zero-order valence-corrected chi connectivity index (χ0v) is 20.8. The molecular formula is C28H29FN6O2. The molecule has 5 rings (SSSR count). The van der Waals surface area contributed by atoms with Crippen molar-refractivity contribution in [1.82, 2.24) is 24.3 Å². The summed E-state index contributed by atoms with van der Waals surface area (Å²) in [6.07, 6.45) is 5.37. The van der Waals surface area contributed by atoms with Crippen molar-refractivity contribution in [2.75, 3.05) is 39.5 Å². The second-order valence-electron chi connectivity index (χ2n) is 9.32. The number of rotatable bonds is 7. The van der Waals surface area contributed by atoms with Crippen LogP contribution in [0.5, 0.6) is 11.5 Å². The first kappa shape index (κ1) is 24.5. The molecule has 9 heteroatoms. The Hall–Kier alpha value is -4.24. The number of aromatic nitrogens is 3. The first-order valence-electron chi connectivity index (χ1n) is 12.2. The van der Waals surface area contributed by atoms with E-state index < -0.39 is 5.95 Å². The maximum absolute atomic E-state index is 16.2. The summed E-state index contributed by atoms with van der Waals surface area (Å²) in [5, 5.41) is 0.465. The second-order valence-corrected chi connectivity index (χ2v) is 9.32. The third kappa shape index (κ3) is 5.03. The molecule has 1 atom stereocenters. The van der Waals surface area contributed by atoms with E-state index in [-0.39, 0.29) is 17.8 Å². The van der Waals surface area contributed by atoms with Crippen LogP contribution >= 0.6 is 0 Å². The van der Waals surface area contributed by atoms with Crippen LogP contribution in [0.4, 0.5) is 10.2 Å². The molecule has 1 saturated heterocycles. The Balaban J connectivity index is 1.45. The first-order chi connectivity index (χ1) is 17.9. The maximum Gasteiger partial charge on any atom is 0.246 e. The van der Waals surface area contributed by atoms with Crippen LogP contribution in [0.15, 0.2) is 73.1 Å². The van der Waals surface area contributed by atoms with E-state index in [9.17, 15) is 4.79 Å². The Morgan fingerprint density at radius 3 is 2.59 bits per heavy atom. The SMILES string of the molecule is CN(C)C/C=C/C(=O)N1CCC(n2c(F)c(-c3ccc(Oc4ccccc4)cc3)c3c(N)ncnc32)C1. The summed E-state index contributed by atoms with van der Waals surface area (Å²) < 4.78 is 23.6. The lowest BCUT2D eigenvalue weighted by molar-refractivity contribution is -0.125. The molecule has 2 aromatic carbocycles. The van der Waals surface area contributed by atoms with Crippen LogP contribution in [-0.2, 0) is 4.79 Å². The van der Waals surface area contributed by atoms with Gasteiger partial charge in [-0.25, -0.2) is 9.97 Å². The highest BCUT2D eigenvalue weighted by molar-refractivity contribution is 6.01. The molecule has 1 amide bonds. The number of nitrogens with two attached hydrogens (primary N) is 1. The minimum Gasteiger partial charge on any atom is -0.457 e. The summed E-state index contributed by atoms with van der Waals surface area (Å²) in [5.74, 6) is 1.04. The monoisotopic (exact) mass is 500 g/mol. The van der Waals surface area contributed by atoms with E-state index in [4.69, 9.17) is 10.5 Å². The molecule has 4 aromatic rings. The summed E-state index contributed by atoms with van der Waals surface area (Å²) in [4.78, 5) is 24.9. The van der Waals surface area contributed by atoms with Crippen molar-refractivity contribution >= 4 is 22.8 Å². The second kappa shape index (κ2) is 10.4. The number of fused-ring (bicyclic) bond motifs is 1. The number of ether oxygens (including phenoxy) is 1. The van der Waals surface area contributed by atoms with Gasteiger partial charge < -0.3 is 20.3 Å². The number of likely N-dealkylation sites (N-methyl/N-ethyl adjacent to an activating group) is 1. The van der Waals surface area contributed by atoms with Crippen molar-refractivity contribution in [2.45, 2.75) is 12.5 Å². The van der Waals surface area contributed by atoms with Gasteiger partial charge in [-0.15, -0.1) is 0 Å². The molecule has 0 bridgehead atoms. The number of nitrogen functional groups attached to an aromatic ring is 1. The van der Waals surface area contributed by atoms with Crippen molar-refractivity contribution in [1.29, 1.82) is 0 Å². The quantitative estimate of drug-likeness (QED) is 0.376. The first-order valence-corrected chi connectivity index (χ1v) is 12.2. The summed E-state index contributed by atoms with van der Waals surface area (Å²) >= 11 is 0. The molecule has 37 heavy (non-hydrogen) atoms. The van der Waals surface area contributed by atoms with Gasteiger partial charge in [-0.2, -0.15) is 4.39 Å². The molecule has 2 N–H and O–H groups in total. The highest BCUT2D eigenvalue weighted by Crippen LogP contribution is 2.39. The van der Waals surface area contributed by atoms with Gasteiger partial charge in [0.15, 0.2) is 0 Å². The Kier molecular flexibility index (Phi) is 6.87. The minimum absolute atomic E-state index is 0.0791. The third-order valence-corrected chi connectivity index (χ3v) is 6.45. The molecule has 2 aromatic heterocycles. The zero-order valence-electron chi connectivity index (χ0n) is 20.8.